The molecule has 2 aromatic rings. The van der Waals surface area contributed by atoms with Crippen LogP contribution in [0.15, 0.2) is 36.4 Å². The van der Waals surface area contributed by atoms with Crippen LogP contribution in [-0.4, -0.2) is 29.8 Å². The maximum absolute atomic E-state index is 13.2. The second-order valence-corrected chi connectivity index (χ2v) is 7.73. The van der Waals surface area contributed by atoms with E-state index in [1.165, 1.54) is 0 Å². The fraction of sp³-hybridized carbons (Fsp3) is 0.364. The van der Waals surface area contributed by atoms with Crippen molar-refractivity contribution in [2.24, 2.45) is 0 Å². The van der Waals surface area contributed by atoms with Crippen molar-refractivity contribution < 1.29 is 9.59 Å². The van der Waals surface area contributed by atoms with E-state index in [1.54, 1.807) is 24.1 Å². The molecule has 0 bridgehead atoms. The van der Waals surface area contributed by atoms with Gasteiger partial charge in [0.1, 0.15) is 6.04 Å². The van der Waals surface area contributed by atoms with Crippen molar-refractivity contribution >= 4 is 35.0 Å². The molecule has 0 saturated heterocycles. The Morgan fingerprint density at radius 1 is 1.07 bits per heavy atom. The van der Waals surface area contributed by atoms with Crippen molar-refractivity contribution in [2.75, 3.05) is 7.05 Å². The highest BCUT2D eigenvalue weighted by atomic mass is 35.5. The second-order valence-electron chi connectivity index (χ2n) is 6.92. The first-order valence-electron chi connectivity index (χ1n) is 9.28. The third-order valence-corrected chi connectivity index (χ3v) is 5.55. The van der Waals surface area contributed by atoms with Crippen LogP contribution in [0.4, 0.5) is 0 Å². The highest BCUT2D eigenvalue weighted by Gasteiger charge is 2.28. The van der Waals surface area contributed by atoms with Crippen molar-refractivity contribution in [1.29, 1.82) is 0 Å². The number of likely N-dealkylation sites (N-methyl/N-ethyl adjacent to an activating group) is 1. The zero-order valence-corrected chi connectivity index (χ0v) is 18.2. The Bertz CT molecular complexity index is 868. The number of benzene rings is 2. The highest BCUT2D eigenvalue weighted by molar-refractivity contribution is 6.42. The number of nitrogens with zero attached hydrogens (tertiary/aromatic N) is 1. The molecular formula is C22H26Cl2N2O2. The molecule has 1 N–H and O–H groups in total. The minimum atomic E-state index is -0.558. The standard InChI is InChI=1S/C22H26Cl2N2O2/c1-5-20(22(28)25-4)26(13-16-8-9-18(23)19(24)11-16)21(27)12-17-10-14(2)6-7-15(17)3/h6-11,20H,5,12-13H2,1-4H3,(H,25,28). The molecule has 0 aliphatic rings. The molecule has 2 aromatic carbocycles. The predicted octanol–water partition coefficient (Wildman–Crippen LogP) is 4.71. The third kappa shape index (κ3) is 5.49. The third-order valence-electron chi connectivity index (χ3n) is 4.82. The molecule has 0 spiro atoms. The van der Waals surface area contributed by atoms with Gasteiger partial charge in [-0.05, 0) is 49.1 Å². The van der Waals surface area contributed by atoms with Gasteiger partial charge < -0.3 is 10.2 Å². The molecule has 28 heavy (non-hydrogen) atoms. The first-order valence-corrected chi connectivity index (χ1v) is 10.0. The lowest BCUT2D eigenvalue weighted by Crippen LogP contribution is -2.48. The molecule has 0 saturated carbocycles. The number of rotatable bonds is 7. The lowest BCUT2D eigenvalue weighted by atomic mass is 10.0. The summed E-state index contributed by atoms with van der Waals surface area (Å²) in [6, 6.07) is 10.8. The maximum atomic E-state index is 13.2. The molecule has 0 fully saturated rings. The lowest BCUT2D eigenvalue weighted by molar-refractivity contribution is -0.140. The Morgan fingerprint density at radius 2 is 1.79 bits per heavy atom. The second kappa shape index (κ2) is 9.94. The number of halogens is 2. The number of hydrogen-bond acceptors (Lipinski definition) is 2. The van der Waals surface area contributed by atoms with Gasteiger partial charge in [0.15, 0.2) is 0 Å². The monoisotopic (exact) mass is 420 g/mol. The average Bonchev–Trinajstić information content (AvgIpc) is 2.66. The molecule has 1 atom stereocenters. The summed E-state index contributed by atoms with van der Waals surface area (Å²) in [5.74, 6) is -0.285. The van der Waals surface area contributed by atoms with Gasteiger partial charge in [-0.2, -0.15) is 0 Å². The van der Waals surface area contributed by atoms with Gasteiger partial charge >= 0.3 is 0 Å². The van der Waals surface area contributed by atoms with E-state index in [0.717, 1.165) is 22.3 Å². The van der Waals surface area contributed by atoms with E-state index in [4.69, 9.17) is 23.2 Å². The van der Waals surface area contributed by atoms with E-state index < -0.39 is 6.04 Å². The molecule has 2 amide bonds. The number of hydrogen-bond donors (Lipinski definition) is 1. The molecule has 4 nitrogen and oxygen atoms in total. The fourth-order valence-corrected chi connectivity index (χ4v) is 3.50. The van der Waals surface area contributed by atoms with Crippen LogP contribution in [0.2, 0.25) is 10.0 Å². The summed E-state index contributed by atoms with van der Waals surface area (Å²) in [7, 11) is 1.58. The Labute approximate surface area is 176 Å². The van der Waals surface area contributed by atoms with Crippen molar-refractivity contribution in [3.8, 4) is 0 Å². The van der Waals surface area contributed by atoms with E-state index in [1.807, 2.05) is 45.0 Å². The minimum Gasteiger partial charge on any atom is -0.357 e. The summed E-state index contributed by atoms with van der Waals surface area (Å²) in [4.78, 5) is 27.3. The lowest BCUT2D eigenvalue weighted by Gasteiger charge is -2.30. The average molecular weight is 421 g/mol. The van der Waals surface area contributed by atoms with Crippen LogP contribution < -0.4 is 5.32 Å². The van der Waals surface area contributed by atoms with Crippen molar-refractivity contribution in [3.63, 3.8) is 0 Å². The summed E-state index contributed by atoms with van der Waals surface area (Å²) >= 11 is 12.1. The van der Waals surface area contributed by atoms with Crippen LogP contribution in [-0.2, 0) is 22.6 Å². The van der Waals surface area contributed by atoms with Gasteiger partial charge in [-0.3, -0.25) is 9.59 Å². The number of amides is 2. The Balaban J connectivity index is 2.35. The van der Waals surface area contributed by atoms with Gasteiger partial charge in [0.05, 0.1) is 16.5 Å². The molecule has 2 rings (SSSR count). The van der Waals surface area contributed by atoms with Crippen LogP contribution in [0.1, 0.15) is 35.6 Å². The molecule has 0 heterocycles. The topological polar surface area (TPSA) is 49.4 Å². The largest absolute Gasteiger partial charge is 0.357 e. The Morgan fingerprint density at radius 3 is 2.39 bits per heavy atom. The van der Waals surface area contributed by atoms with E-state index in [0.29, 0.717) is 16.5 Å². The Kier molecular flexibility index (Phi) is 7.90. The zero-order chi connectivity index (χ0) is 20.8. The van der Waals surface area contributed by atoms with Crippen molar-refractivity contribution in [3.05, 3.63) is 68.7 Å². The molecule has 0 radical (unpaired) electrons. The van der Waals surface area contributed by atoms with E-state index in [-0.39, 0.29) is 24.8 Å². The number of carbonyl (C=O) groups is 2. The summed E-state index contributed by atoms with van der Waals surface area (Å²) < 4.78 is 0. The first kappa shape index (κ1) is 22.3. The van der Waals surface area contributed by atoms with Gasteiger partial charge in [-0.15, -0.1) is 0 Å². The molecule has 0 aliphatic heterocycles. The van der Waals surface area contributed by atoms with Gasteiger partial charge in [0.25, 0.3) is 0 Å². The quantitative estimate of drug-likeness (QED) is 0.704. The molecular weight excluding hydrogens is 395 g/mol. The normalized spacial score (nSPS) is 11.8. The van der Waals surface area contributed by atoms with Crippen molar-refractivity contribution in [1.82, 2.24) is 10.2 Å². The number of aryl methyl sites for hydroxylation is 2. The first-order chi connectivity index (χ1) is 13.3. The summed E-state index contributed by atoms with van der Waals surface area (Å²) in [5, 5.41) is 3.54. The van der Waals surface area contributed by atoms with Gasteiger partial charge in [-0.25, -0.2) is 0 Å². The van der Waals surface area contributed by atoms with Gasteiger partial charge in [0.2, 0.25) is 11.8 Å². The zero-order valence-electron chi connectivity index (χ0n) is 16.7. The van der Waals surface area contributed by atoms with Crippen LogP contribution >= 0.6 is 23.2 Å². The molecule has 0 aliphatic carbocycles. The van der Waals surface area contributed by atoms with Gasteiger partial charge in [-0.1, -0.05) is 60.0 Å². The van der Waals surface area contributed by atoms with Gasteiger partial charge in [0, 0.05) is 13.6 Å². The summed E-state index contributed by atoms with van der Waals surface area (Å²) in [5.41, 5.74) is 3.95. The number of carbonyl (C=O) groups excluding carboxylic acids is 2. The minimum absolute atomic E-state index is 0.102. The highest BCUT2D eigenvalue weighted by Crippen LogP contribution is 2.24. The van der Waals surface area contributed by atoms with Crippen LogP contribution in [0.3, 0.4) is 0 Å². The predicted molar refractivity (Wildman–Crippen MR) is 115 cm³/mol. The maximum Gasteiger partial charge on any atom is 0.242 e. The van der Waals surface area contributed by atoms with Crippen molar-refractivity contribution in [2.45, 2.75) is 46.2 Å². The summed E-state index contributed by atoms with van der Waals surface area (Å²) in [6.45, 7) is 6.17. The molecule has 1 unspecified atom stereocenters. The van der Waals surface area contributed by atoms with Crippen LogP contribution in [0.5, 0.6) is 0 Å². The fourth-order valence-electron chi connectivity index (χ4n) is 3.18. The van der Waals surface area contributed by atoms with E-state index in [2.05, 4.69) is 5.32 Å². The SMILES string of the molecule is CCC(C(=O)NC)N(Cc1ccc(Cl)c(Cl)c1)C(=O)Cc1cc(C)ccc1C. The van der Waals surface area contributed by atoms with E-state index in [9.17, 15) is 9.59 Å². The number of nitrogens with one attached hydrogen (secondary N) is 1. The van der Waals surface area contributed by atoms with Crippen LogP contribution in [0.25, 0.3) is 0 Å². The summed E-state index contributed by atoms with van der Waals surface area (Å²) in [6.07, 6.45) is 0.752. The molecule has 0 aromatic heterocycles. The molecule has 6 heteroatoms. The smallest absolute Gasteiger partial charge is 0.242 e. The molecule has 150 valence electrons. The van der Waals surface area contributed by atoms with E-state index >= 15 is 0 Å². The Hall–Kier alpha value is -2.04. The van der Waals surface area contributed by atoms with Crippen LogP contribution in [0, 0.1) is 13.8 Å².